The monoisotopic (exact) mass is 414 g/mol. The Kier molecular flexibility index (Phi) is 5.44. The van der Waals surface area contributed by atoms with E-state index in [0.29, 0.717) is 18.8 Å². The van der Waals surface area contributed by atoms with Crippen molar-refractivity contribution < 1.29 is 26.7 Å². The van der Waals surface area contributed by atoms with Gasteiger partial charge in [0.05, 0.1) is 4.90 Å². The zero-order valence-electron chi connectivity index (χ0n) is 15.2. The van der Waals surface area contributed by atoms with E-state index in [-0.39, 0.29) is 23.5 Å². The van der Waals surface area contributed by atoms with Crippen LogP contribution in [0.25, 0.3) is 0 Å². The first-order chi connectivity index (χ1) is 13.0. The summed E-state index contributed by atoms with van der Waals surface area (Å²) in [6.07, 6.45) is -4.77. The van der Waals surface area contributed by atoms with Crippen molar-refractivity contribution in [1.29, 1.82) is 0 Å². The zero-order valence-corrected chi connectivity index (χ0v) is 16.0. The van der Waals surface area contributed by atoms with E-state index in [0.717, 1.165) is 6.92 Å². The highest BCUT2D eigenvalue weighted by Crippen LogP contribution is 2.38. The lowest BCUT2D eigenvalue weighted by atomic mass is 9.95. The van der Waals surface area contributed by atoms with Crippen LogP contribution in [0.5, 0.6) is 0 Å². The summed E-state index contributed by atoms with van der Waals surface area (Å²) in [6, 6.07) is 13.7. The van der Waals surface area contributed by atoms with Crippen molar-refractivity contribution in [3.05, 3.63) is 60.2 Å². The summed E-state index contributed by atoms with van der Waals surface area (Å²) in [4.78, 5) is 2.14. The molecule has 0 radical (unpaired) electrons. The van der Waals surface area contributed by atoms with Crippen LogP contribution in [0, 0.1) is 0 Å². The third-order valence-corrected chi connectivity index (χ3v) is 6.88. The summed E-state index contributed by atoms with van der Waals surface area (Å²) in [5.74, 6) is 0. The fourth-order valence-corrected chi connectivity index (χ4v) is 4.53. The Morgan fingerprint density at radius 3 is 1.93 bits per heavy atom. The van der Waals surface area contributed by atoms with E-state index in [4.69, 9.17) is 0 Å². The normalized spacial score (nSPS) is 18.7. The minimum atomic E-state index is -4.77. The van der Waals surface area contributed by atoms with E-state index in [9.17, 15) is 26.7 Å². The lowest BCUT2D eigenvalue weighted by Crippen LogP contribution is -2.48. The van der Waals surface area contributed by atoms with E-state index in [2.05, 4.69) is 0 Å². The molecule has 1 aliphatic rings. The van der Waals surface area contributed by atoms with E-state index < -0.39 is 21.8 Å². The van der Waals surface area contributed by atoms with Crippen molar-refractivity contribution in [2.75, 3.05) is 31.1 Å². The molecule has 0 amide bonds. The minimum Gasteiger partial charge on any atom is -0.376 e. The standard InChI is InChI=1S/C19H21F3N2O3S/c1-18(25,19(20,21)22)15-7-9-16(10-8-15)23-11-13-24(14-12-23)28(26,27)17-5-3-2-4-6-17/h2-10,25H,11-14H2,1H3. The average molecular weight is 414 g/mol. The molecule has 9 heteroatoms. The highest BCUT2D eigenvalue weighted by molar-refractivity contribution is 7.89. The van der Waals surface area contributed by atoms with Crippen LogP contribution >= 0.6 is 0 Å². The molecule has 1 heterocycles. The van der Waals surface area contributed by atoms with Gasteiger partial charge in [-0.25, -0.2) is 8.42 Å². The van der Waals surface area contributed by atoms with E-state index in [1.54, 1.807) is 30.3 Å². The van der Waals surface area contributed by atoms with Crippen molar-refractivity contribution >= 4 is 15.7 Å². The molecule has 0 aliphatic carbocycles. The van der Waals surface area contributed by atoms with Crippen molar-refractivity contribution in [3.63, 3.8) is 0 Å². The van der Waals surface area contributed by atoms with Crippen LogP contribution in [0.2, 0.25) is 0 Å². The van der Waals surface area contributed by atoms with Crippen LogP contribution in [0.4, 0.5) is 18.9 Å². The molecule has 152 valence electrons. The number of hydrogen-bond acceptors (Lipinski definition) is 4. The first-order valence-electron chi connectivity index (χ1n) is 8.73. The number of anilines is 1. The first-order valence-corrected chi connectivity index (χ1v) is 10.2. The lowest BCUT2D eigenvalue weighted by molar-refractivity contribution is -0.258. The molecule has 1 unspecified atom stereocenters. The van der Waals surface area contributed by atoms with Gasteiger partial charge in [-0.15, -0.1) is 0 Å². The number of nitrogens with zero attached hydrogens (tertiary/aromatic N) is 2. The third-order valence-electron chi connectivity index (χ3n) is 4.97. The van der Waals surface area contributed by atoms with Crippen LogP contribution in [0.15, 0.2) is 59.5 Å². The van der Waals surface area contributed by atoms with Gasteiger partial charge in [0.15, 0.2) is 5.60 Å². The van der Waals surface area contributed by atoms with Gasteiger partial charge in [0.2, 0.25) is 10.0 Å². The van der Waals surface area contributed by atoms with Gasteiger partial charge in [-0.3, -0.25) is 0 Å². The topological polar surface area (TPSA) is 60.9 Å². The summed E-state index contributed by atoms with van der Waals surface area (Å²) in [5.41, 5.74) is -2.49. The van der Waals surface area contributed by atoms with Crippen molar-refractivity contribution in [3.8, 4) is 0 Å². The van der Waals surface area contributed by atoms with Crippen LogP contribution in [-0.4, -0.2) is 50.2 Å². The number of sulfonamides is 1. The molecule has 1 fully saturated rings. The Hall–Kier alpha value is -2.10. The van der Waals surface area contributed by atoms with E-state index in [1.165, 1.54) is 28.6 Å². The molecule has 28 heavy (non-hydrogen) atoms. The Bertz CT molecular complexity index is 906. The molecule has 1 atom stereocenters. The molecule has 2 aromatic carbocycles. The molecule has 0 saturated carbocycles. The number of halogens is 3. The Morgan fingerprint density at radius 2 is 1.43 bits per heavy atom. The highest BCUT2D eigenvalue weighted by Gasteiger charge is 2.51. The second kappa shape index (κ2) is 7.38. The quantitative estimate of drug-likeness (QED) is 0.836. The summed E-state index contributed by atoms with van der Waals surface area (Å²) >= 11 is 0. The van der Waals surface area contributed by atoms with Gasteiger partial charge in [0.1, 0.15) is 0 Å². The number of rotatable bonds is 4. The predicted octanol–water partition coefficient (Wildman–Crippen LogP) is 2.97. The Morgan fingerprint density at radius 1 is 0.893 bits per heavy atom. The molecular weight excluding hydrogens is 393 g/mol. The number of hydrogen-bond donors (Lipinski definition) is 1. The molecule has 1 saturated heterocycles. The van der Waals surface area contributed by atoms with Gasteiger partial charge >= 0.3 is 6.18 Å². The van der Waals surface area contributed by atoms with Gasteiger partial charge in [-0.1, -0.05) is 30.3 Å². The number of alkyl halides is 3. The molecule has 0 aromatic heterocycles. The smallest absolute Gasteiger partial charge is 0.376 e. The summed E-state index contributed by atoms with van der Waals surface area (Å²) in [7, 11) is -3.56. The van der Waals surface area contributed by atoms with Gasteiger partial charge in [-0.2, -0.15) is 17.5 Å². The van der Waals surface area contributed by atoms with Crippen LogP contribution in [0.3, 0.4) is 0 Å². The second-order valence-electron chi connectivity index (χ2n) is 6.82. The SMILES string of the molecule is CC(O)(c1ccc(N2CCN(S(=O)(=O)c3ccccc3)CC2)cc1)C(F)(F)F. The van der Waals surface area contributed by atoms with Crippen LogP contribution in [-0.2, 0) is 15.6 Å². The number of benzene rings is 2. The number of piperazine rings is 1. The van der Waals surface area contributed by atoms with Crippen molar-refractivity contribution in [2.45, 2.75) is 23.6 Å². The van der Waals surface area contributed by atoms with E-state index in [1.807, 2.05) is 4.90 Å². The van der Waals surface area contributed by atoms with Gasteiger partial charge in [0.25, 0.3) is 0 Å². The molecule has 5 nitrogen and oxygen atoms in total. The van der Waals surface area contributed by atoms with Crippen LogP contribution in [0.1, 0.15) is 12.5 Å². The second-order valence-corrected chi connectivity index (χ2v) is 8.76. The first kappa shape index (κ1) is 20.6. The maximum Gasteiger partial charge on any atom is 0.421 e. The molecule has 0 spiro atoms. The van der Waals surface area contributed by atoms with Gasteiger partial charge < -0.3 is 10.0 Å². The molecule has 3 rings (SSSR count). The fourth-order valence-electron chi connectivity index (χ4n) is 3.09. The van der Waals surface area contributed by atoms with Gasteiger partial charge in [0, 0.05) is 31.9 Å². The highest BCUT2D eigenvalue weighted by atomic mass is 32.2. The fraction of sp³-hybridized carbons (Fsp3) is 0.368. The largest absolute Gasteiger partial charge is 0.421 e. The summed E-state index contributed by atoms with van der Waals surface area (Å²) < 4.78 is 65.5. The molecule has 2 aromatic rings. The Labute approximate surface area is 162 Å². The average Bonchev–Trinajstić information content (AvgIpc) is 2.68. The molecule has 1 aliphatic heterocycles. The van der Waals surface area contributed by atoms with E-state index >= 15 is 0 Å². The summed E-state index contributed by atoms with van der Waals surface area (Å²) in [6.45, 7) is 2.11. The van der Waals surface area contributed by atoms with Crippen molar-refractivity contribution in [1.82, 2.24) is 4.31 Å². The van der Waals surface area contributed by atoms with Crippen molar-refractivity contribution in [2.24, 2.45) is 0 Å². The zero-order chi connectivity index (χ0) is 20.6. The number of aliphatic hydroxyl groups is 1. The molecular formula is C19H21F3N2O3S. The third kappa shape index (κ3) is 3.87. The minimum absolute atomic E-state index is 0.238. The maximum atomic E-state index is 12.9. The summed E-state index contributed by atoms with van der Waals surface area (Å²) in [5, 5.41) is 9.74. The molecule has 0 bridgehead atoms. The maximum absolute atomic E-state index is 12.9. The van der Waals surface area contributed by atoms with Crippen LogP contribution < -0.4 is 4.90 Å². The Balaban J connectivity index is 1.69. The lowest BCUT2D eigenvalue weighted by Gasteiger charge is -2.35. The van der Waals surface area contributed by atoms with Gasteiger partial charge in [-0.05, 0) is 36.8 Å². The predicted molar refractivity (Wildman–Crippen MR) is 99.5 cm³/mol. The molecule has 1 N–H and O–H groups in total.